The van der Waals surface area contributed by atoms with Crippen LogP contribution in [-0.2, 0) is 0 Å². The van der Waals surface area contributed by atoms with Gasteiger partial charge in [-0.25, -0.2) is 5.43 Å². The lowest BCUT2D eigenvalue weighted by molar-refractivity contribution is 0.0953. The molecule has 2 amide bonds. The van der Waals surface area contributed by atoms with Gasteiger partial charge in [-0.15, -0.1) is 0 Å². The van der Waals surface area contributed by atoms with Crippen molar-refractivity contribution in [1.82, 2.24) is 10.4 Å². The van der Waals surface area contributed by atoms with Crippen molar-refractivity contribution in [3.05, 3.63) is 94.8 Å². The maximum atomic E-state index is 12.3. The lowest BCUT2D eigenvalue weighted by atomic mass is 10.1. The number of nitrogens with zero attached hydrogens (tertiary/aromatic N) is 2. The van der Waals surface area contributed by atoms with E-state index in [0.29, 0.717) is 27.5 Å². The van der Waals surface area contributed by atoms with Crippen LogP contribution in [0.4, 0.5) is 5.69 Å². The van der Waals surface area contributed by atoms with E-state index in [-0.39, 0.29) is 5.91 Å². The van der Waals surface area contributed by atoms with Gasteiger partial charge in [0.05, 0.1) is 11.9 Å². The lowest BCUT2D eigenvalue weighted by Crippen LogP contribution is -2.18. The summed E-state index contributed by atoms with van der Waals surface area (Å²) >= 11 is 5.90. The SMILES string of the molecule is O=C(N/N=C/c1ccccn1)c1cccc(NC(=O)c2cccc(Cl)c2)c1. The van der Waals surface area contributed by atoms with Crippen LogP contribution in [0, 0.1) is 0 Å². The molecule has 0 radical (unpaired) electrons. The topological polar surface area (TPSA) is 83.4 Å². The molecule has 3 rings (SSSR count). The number of hydrogen-bond donors (Lipinski definition) is 2. The highest BCUT2D eigenvalue weighted by Gasteiger charge is 2.09. The highest BCUT2D eigenvalue weighted by molar-refractivity contribution is 6.31. The minimum Gasteiger partial charge on any atom is -0.322 e. The van der Waals surface area contributed by atoms with Crippen LogP contribution in [-0.4, -0.2) is 23.0 Å². The summed E-state index contributed by atoms with van der Waals surface area (Å²) in [6.07, 6.45) is 3.08. The second kappa shape index (κ2) is 8.73. The number of rotatable bonds is 5. The standard InChI is InChI=1S/C20H15ClN4O2/c21-16-7-3-5-14(11-16)19(26)24-17-9-4-6-15(12-17)20(27)25-23-13-18-8-1-2-10-22-18/h1-13H,(H,24,26)(H,25,27)/b23-13+. The van der Waals surface area contributed by atoms with E-state index in [1.165, 1.54) is 6.21 Å². The predicted molar refractivity (Wildman–Crippen MR) is 105 cm³/mol. The summed E-state index contributed by atoms with van der Waals surface area (Å²) < 4.78 is 0. The normalized spacial score (nSPS) is 10.6. The quantitative estimate of drug-likeness (QED) is 0.524. The van der Waals surface area contributed by atoms with Crippen molar-refractivity contribution in [2.24, 2.45) is 5.10 Å². The van der Waals surface area contributed by atoms with Gasteiger partial charge in [-0.2, -0.15) is 5.10 Å². The summed E-state index contributed by atoms with van der Waals surface area (Å²) in [7, 11) is 0. The van der Waals surface area contributed by atoms with Crippen molar-refractivity contribution in [2.45, 2.75) is 0 Å². The Morgan fingerprint density at radius 3 is 2.44 bits per heavy atom. The van der Waals surface area contributed by atoms with Gasteiger partial charge in [0.25, 0.3) is 11.8 Å². The zero-order valence-corrected chi connectivity index (χ0v) is 14.9. The third-order valence-electron chi connectivity index (χ3n) is 3.52. The molecule has 7 heteroatoms. The van der Waals surface area contributed by atoms with E-state index in [0.717, 1.165) is 0 Å². The molecule has 1 heterocycles. The Bertz CT molecular complexity index is 990. The van der Waals surface area contributed by atoms with Gasteiger partial charge >= 0.3 is 0 Å². The summed E-state index contributed by atoms with van der Waals surface area (Å²) in [6.45, 7) is 0. The number of carbonyl (C=O) groups is 2. The number of carbonyl (C=O) groups excluding carboxylic acids is 2. The Morgan fingerprint density at radius 1 is 0.926 bits per heavy atom. The molecule has 0 aliphatic heterocycles. The van der Waals surface area contributed by atoms with Crippen LogP contribution in [0.2, 0.25) is 5.02 Å². The van der Waals surface area contributed by atoms with Gasteiger partial charge in [0.15, 0.2) is 0 Å². The van der Waals surface area contributed by atoms with Crippen molar-refractivity contribution < 1.29 is 9.59 Å². The van der Waals surface area contributed by atoms with Crippen molar-refractivity contribution in [3.63, 3.8) is 0 Å². The van der Waals surface area contributed by atoms with Gasteiger partial charge < -0.3 is 5.32 Å². The van der Waals surface area contributed by atoms with Gasteiger partial charge in [0.2, 0.25) is 0 Å². The minimum atomic E-state index is -0.402. The molecule has 0 aliphatic rings. The maximum absolute atomic E-state index is 12.3. The fourth-order valence-electron chi connectivity index (χ4n) is 2.25. The number of nitrogens with one attached hydrogen (secondary N) is 2. The predicted octanol–water partition coefficient (Wildman–Crippen LogP) is 3.75. The van der Waals surface area contributed by atoms with Gasteiger partial charge in [-0.3, -0.25) is 14.6 Å². The molecule has 0 spiro atoms. The molecule has 0 aliphatic carbocycles. The Morgan fingerprint density at radius 2 is 1.70 bits per heavy atom. The molecule has 6 nitrogen and oxygen atoms in total. The highest BCUT2D eigenvalue weighted by atomic mass is 35.5. The Kier molecular flexibility index (Phi) is 5.91. The van der Waals surface area contributed by atoms with Crippen molar-refractivity contribution in [2.75, 3.05) is 5.32 Å². The smallest absolute Gasteiger partial charge is 0.271 e. The monoisotopic (exact) mass is 378 g/mol. The molecule has 2 N–H and O–H groups in total. The molecular formula is C20H15ClN4O2. The van der Waals surface area contributed by atoms with Gasteiger partial charge in [-0.1, -0.05) is 29.8 Å². The molecule has 3 aromatic rings. The fourth-order valence-corrected chi connectivity index (χ4v) is 2.44. The van der Waals surface area contributed by atoms with E-state index in [1.807, 2.05) is 6.07 Å². The maximum Gasteiger partial charge on any atom is 0.271 e. The van der Waals surface area contributed by atoms with Crippen LogP contribution < -0.4 is 10.7 Å². The number of hydrogen-bond acceptors (Lipinski definition) is 4. The minimum absolute atomic E-state index is 0.316. The highest BCUT2D eigenvalue weighted by Crippen LogP contribution is 2.15. The van der Waals surface area contributed by atoms with Crippen molar-refractivity contribution >= 4 is 35.3 Å². The second-order valence-corrected chi connectivity index (χ2v) is 5.94. The molecule has 0 saturated heterocycles. The molecule has 0 fully saturated rings. The third kappa shape index (κ3) is 5.23. The first-order valence-electron chi connectivity index (χ1n) is 8.03. The molecule has 134 valence electrons. The molecule has 27 heavy (non-hydrogen) atoms. The van der Waals surface area contributed by atoms with Crippen LogP contribution in [0.25, 0.3) is 0 Å². The van der Waals surface area contributed by atoms with E-state index < -0.39 is 5.91 Å². The average molecular weight is 379 g/mol. The van der Waals surface area contributed by atoms with Gasteiger partial charge in [0, 0.05) is 28.0 Å². The van der Waals surface area contributed by atoms with E-state index in [9.17, 15) is 9.59 Å². The van der Waals surface area contributed by atoms with Crippen LogP contribution >= 0.6 is 11.6 Å². The van der Waals surface area contributed by atoms with Gasteiger partial charge in [-0.05, 0) is 48.5 Å². The molecule has 0 unspecified atom stereocenters. The van der Waals surface area contributed by atoms with Crippen LogP contribution in [0.15, 0.2) is 78.0 Å². The number of hydrazone groups is 1. The lowest BCUT2D eigenvalue weighted by Gasteiger charge is -2.07. The number of anilines is 1. The first-order valence-corrected chi connectivity index (χ1v) is 8.41. The summed E-state index contributed by atoms with van der Waals surface area (Å²) in [5.74, 6) is -0.718. The molecular weight excluding hydrogens is 364 g/mol. The first kappa shape index (κ1) is 18.3. The largest absolute Gasteiger partial charge is 0.322 e. The van der Waals surface area contributed by atoms with Crippen molar-refractivity contribution in [3.8, 4) is 0 Å². The number of halogens is 1. The average Bonchev–Trinajstić information content (AvgIpc) is 2.69. The summed E-state index contributed by atoms with van der Waals surface area (Å²) in [5, 5.41) is 7.09. The molecule has 0 bridgehead atoms. The molecule has 0 atom stereocenters. The summed E-state index contributed by atoms with van der Waals surface area (Å²) in [5.41, 5.74) is 4.33. The number of pyridine rings is 1. The van der Waals surface area contributed by atoms with E-state index in [1.54, 1.807) is 66.9 Å². The fraction of sp³-hybridized carbons (Fsp3) is 0. The van der Waals surface area contributed by atoms with Crippen LogP contribution in [0.5, 0.6) is 0 Å². The number of aromatic nitrogens is 1. The second-order valence-electron chi connectivity index (χ2n) is 5.50. The van der Waals surface area contributed by atoms with Crippen LogP contribution in [0.3, 0.4) is 0 Å². The van der Waals surface area contributed by atoms with Crippen molar-refractivity contribution in [1.29, 1.82) is 0 Å². The third-order valence-corrected chi connectivity index (χ3v) is 3.76. The summed E-state index contributed by atoms with van der Waals surface area (Å²) in [6, 6.07) is 18.5. The Balaban J connectivity index is 1.65. The molecule has 0 saturated carbocycles. The van der Waals surface area contributed by atoms with E-state index in [4.69, 9.17) is 11.6 Å². The van der Waals surface area contributed by atoms with Gasteiger partial charge in [0.1, 0.15) is 0 Å². The summed E-state index contributed by atoms with van der Waals surface area (Å²) in [4.78, 5) is 28.6. The van der Waals surface area contributed by atoms with E-state index in [2.05, 4.69) is 20.8 Å². The number of amides is 2. The zero-order valence-electron chi connectivity index (χ0n) is 14.1. The Labute approximate surface area is 160 Å². The first-order chi connectivity index (χ1) is 13.1. The van der Waals surface area contributed by atoms with E-state index >= 15 is 0 Å². The molecule has 1 aromatic heterocycles. The zero-order chi connectivity index (χ0) is 19.1. The number of benzene rings is 2. The Hall–Kier alpha value is -3.51. The van der Waals surface area contributed by atoms with Crippen LogP contribution in [0.1, 0.15) is 26.4 Å². The molecule has 2 aromatic carbocycles.